The van der Waals surface area contributed by atoms with Gasteiger partial charge in [0, 0.05) is 48.3 Å². The predicted molar refractivity (Wildman–Crippen MR) is 137 cm³/mol. The van der Waals surface area contributed by atoms with E-state index in [0.29, 0.717) is 28.1 Å². The standard InChI is InChI=1S/C26H25ClF3N5OS/c1-4-35-14-19(25(32-35)26(28,29)30)17-9-6-5-8-16(17)18-13-34(22(36)10-7-11-33(2)3)15-21-23(18)24(27)20(12-31)37-21/h5-10,14,18H,4,11,13,15H2,1-3H3/b10-7+/t18-/m0/s1. The maximum Gasteiger partial charge on any atom is 0.435 e. The van der Waals surface area contributed by atoms with Crippen LogP contribution >= 0.6 is 22.9 Å². The molecule has 0 radical (unpaired) electrons. The van der Waals surface area contributed by atoms with Crippen LogP contribution in [0.4, 0.5) is 13.2 Å². The summed E-state index contributed by atoms with van der Waals surface area (Å²) in [5.41, 5.74) is 0.639. The van der Waals surface area contributed by atoms with Crippen LogP contribution in [0.15, 0.2) is 42.6 Å². The highest BCUT2D eigenvalue weighted by Gasteiger charge is 2.40. The average molecular weight is 548 g/mol. The van der Waals surface area contributed by atoms with E-state index in [0.717, 1.165) is 4.88 Å². The number of nitriles is 1. The number of rotatable bonds is 6. The fourth-order valence-electron chi connectivity index (χ4n) is 4.48. The van der Waals surface area contributed by atoms with Crippen LogP contribution in [-0.4, -0.2) is 52.7 Å². The second kappa shape index (κ2) is 10.7. The third-order valence-corrected chi connectivity index (χ3v) is 7.77. The van der Waals surface area contributed by atoms with Gasteiger partial charge >= 0.3 is 6.18 Å². The summed E-state index contributed by atoms with van der Waals surface area (Å²) < 4.78 is 43.1. The number of aryl methyl sites for hydroxylation is 1. The largest absolute Gasteiger partial charge is 0.435 e. The lowest BCUT2D eigenvalue weighted by atomic mass is 9.83. The molecule has 0 saturated heterocycles. The Morgan fingerprint density at radius 2 is 2.05 bits per heavy atom. The third-order valence-electron chi connectivity index (χ3n) is 6.17. The van der Waals surface area contributed by atoms with Crippen molar-refractivity contribution in [3.8, 4) is 17.2 Å². The molecule has 1 aliphatic heterocycles. The zero-order chi connectivity index (χ0) is 26.9. The number of thiophene rings is 1. The monoisotopic (exact) mass is 547 g/mol. The minimum atomic E-state index is -4.65. The highest BCUT2D eigenvalue weighted by Crippen LogP contribution is 2.47. The van der Waals surface area contributed by atoms with E-state index in [4.69, 9.17) is 11.6 Å². The number of carbonyl (C=O) groups excluding carboxylic acids is 1. The number of likely N-dealkylation sites (N-methyl/N-ethyl adjacent to an activating group) is 1. The van der Waals surface area contributed by atoms with Gasteiger partial charge in [0.25, 0.3) is 0 Å². The van der Waals surface area contributed by atoms with Gasteiger partial charge < -0.3 is 9.80 Å². The molecule has 3 heterocycles. The number of nitrogens with zero attached hydrogens (tertiary/aromatic N) is 5. The Kier molecular flexibility index (Phi) is 7.78. The van der Waals surface area contributed by atoms with Gasteiger partial charge in [0.2, 0.25) is 5.91 Å². The van der Waals surface area contributed by atoms with Crippen LogP contribution < -0.4 is 0 Å². The van der Waals surface area contributed by atoms with Crippen LogP contribution in [0.5, 0.6) is 0 Å². The fourth-order valence-corrected chi connectivity index (χ4v) is 6.01. The first-order valence-electron chi connectivity index (χ1n) is 11.6. The lowest BCUT2D eigenvalue weighted by molar-refractivity contribution is -0.141. The number of alkyl halides is 3. The van der Waals surface area contributed by atoms with Crippen molar-refractivity contribution in [3.63, 3.8) is 0 Å². The first kappa shape index (κ1) is 26.9. The summed E-state index contributed by atoms with van der Waals surface area (Å²) in [6, 6.07) is 8.91. The van der Waals surface area contributed by atoms with Crippen LogP contribution in [0.25, 0.3) is 11.1 Å². The molecule has 1 atom stereocenters. The number of hydrogen-bond acceptors (Lipinski definition) is 5. The normalized spacial score (nSPS) is 15.9. The van der Waals surface area contributed by atoms with Crippen molar-refractivity contribution in [2.45, 2.75) is 32.1 Å². The van der Waals surface area contributed by atoms with Gasteiger partial charge in [-0.3, -0.25) is 9.48 Å². The Labute approximate surface area is 222 Å². The van der Waals surface area contributed by atoms with Crippen molar-refractivity contribution in [2.75, 3.05) is 27.2 Å². The first-order chi connectivity index (χ1) is 17.5. The number of hydrogen-bond donors (Lipinski definition) is 0. The average Bonchev–Trinajstić information content (AvgIpc) is 3.44. The van der Waals surface area contributed by atoms with Crippen LogP contribution in [0.2, 0.25) is 5.02 Å². The van der Waals surface area contributed by atoms with Crippen molar-refractivity contribution in [1.82, 2.24) is 19.6 Å². The van der Waals surface area contributed by atoms with E-state index in [1.165, 1.54) is 28.3 Å². The van der Waals surface area contributed by atoms with Crippen LogP contribution in [-0.2, 0) is 24.1 Å². The van der Waals surface area contributed by atoms with Crippen LogP contribution in [0.3, 0.4) is 0 Å². The lowest BCUT2D eigenvalue weighted by Gasteiger charge is -2.34. The Bertz CT molecular complexity index is 1390. The number of fused-ring (bicyclic) bond motifs is 1. The van der Waals surface area contributed by atoms with Crippen LogP contribution in [0, 0.1) is 11.3 Å². The van der Waals surface area contributed by atoms with Gasteiger partial charge in [-0.25, -0.2) is 0 Å². The molecule has 194 valence electrons. The molecule has 3 aromatic rings. The summed E-state index contributed by atoms with van der Waals surface area (Å²) >= 11 is 7.84. The van der Waals surface area contributed by atoms with E-state index < -0.39 is 17.8 Å². The van der Waals surface area contributed by atoms with Gasteiger partial charge in [-0.05, 0) is 37.7 Å². The van der Waals surface area contributed by atoms with Crippen molar-refractivity contribution < 1.29 is 18.0 Å². The van der Waals surface area contributed by atoms with Gasteiger partial charge in [-0.1, -0.05) is 41.9 Å². The molecule has 0 bridgehead atoms. The molecule has 1 aromatic carbocycles. The Hall–Kier alpha value is -3.13. The zero-order valence-corrected chi connectivity index (χ0v) is 22.1. The van der Waals surface area contributed by atoms with Gasteiger partial charge in [-0.15, -0.1) is 11.3 Å². The highest BCUT2D eigenvalue weighted by atomic mass is 35.5. The quantitative estimate of drug-likeness (QED) is 0.368. The van der Waals surface area contributed by atoms with E-state index >= 15 is 0 Å². The molecule has 0 unspecified atom stereocenters. The maximum atomic E-state index is 14.0. The Balaban J connectivity index is 1.85. The predicted octanol–water partition coefficient (Wildman–Crippen LogP) is 5.77. The summed E-state index contributed by atoms with van der Waals surface area (Å²) in [6.07, 6.45) is 0.0150. The summed E-state index contributed by atoms with van der Waals surface area (Å²) in [5.74, 6) is -0.740. The second-order valence-corrected chi connectivity index (χ2v) is 10.4. The minimum absolute atomic E-state index is 0.0345. The van der Waals surface area contributed by atoms with Crippen molar-refractivity contribution >= 4 is 28.8 Å². The number of amides is 1. The van der Waals surface area contributed by atoms with E-state index in [9.17, 15) is 23.2 Å². The molecule has 6 nitrogen and oxygen atoms in total. The van der Waals surface area contributed by atoms with E-state index in [1.807, 2.05) is 19.0 Å². The molecule has 0 saturated carbocycles. The van der Waals surface area contributed by atoms with Crippen molar-refractivity contribution in [1.29, 1.82) is 5.26 Å². The zero-order valence-electron chi connectivity index (χ0n) is 20.5. The maximum absolute atomic E-state index is 14.0. The van der Waals surface area contributed by atoms with E-state index in [1.54, 1.807) is 42.2 Å². The van der Waals surface area contributed by atoms with Gasteiger partial charge in [0.1, 0.15) is 10.9 Å². The molecule has 1 amide bonds. The number of aromatic nitrogens is 2. The fraction of sp³-hybridized carbons (Fsp3) is 0.346. The summed E-state index contributed by atoms with van der Waals surface area (Å²) in [4.78, 5) is 17.7. The molecule has 2 aromatic heterocycles. The molecule has 1 aliphatic rings. The van der Waals surface area contributed by atoms with E-state index in [2.05, 4.69) is 11.2 Å². The smallest absolute Gasteiger partial charge is 0.333 e. The molecular formula is C26H25ClF3N5OS. The topological polar surface area (TPSA) is 65.2 Å². The Morgan fingerprint density at radius 3 is 2.70 bits per heavy atom. The summed E-state index contributed by atoms with van der Waals surface area (Å²) in [6.45, 7) is 3.06. The third kappa shape index (κ3) is 5.44. The number of halogens is 4. The molecule has 0 aliphatic carbocycles. The molecule has 0 N–H and O–H groups in total. The molecule has 0 fully saturated rings. The van der Waals surface area contributed by atoms with Gasteiger partial charge in [0.05, 0.1) is 11.6 Å². The van der Waals surface area contributed by atoms with E-state index in [-0.39, 0.29) is 36.1 Å². The molecule has 11 heteroatoms. The number of benzene rings is 1. The summed E-state index contributed by atoms with van der Waals surface area (Å²) in [5, 5.41) is 13.7. The molecular weight excluding hydrogens is 523 g/mol. The summed E-state index contributed by atoms with van der Waals surface area (Å²) in [7, 11) is 3.78. The SMILES string of the molecule is CCn1cc(-c2ccccc2[C@@H]2CN(C(=O)/C=C/CN(C)C)Cc3sc(C#N)c(Cl)c32)c(C(F)(F)F)n1. The minimum Gasteiger partial charge on any atom is -0.333 e. The van der Waals surface area contributed by atoms with Crippen molar-refractivity contribution in [3.05, 3.63) is 74.2 Å². The second-order valence-electron chi connectivity index (χ2n) is 8.96. The Morgan fingerprint density at radius 1 is 1.32 bits per heavy atom. The lowest BCUT2D eigenvalue weighted by Crippen LogP contribution is -2.37. The van der Waals surface area contributed by atoms with Gasteiger partial charge in [0.15, 0.2) is 5.69 Å². The molecule has 0 spiro atoms. The molecule has 37 heavy (non-hydrogen) atoms. The van der Waals surface area contributed by atoms with Crippen molar-refractivity contribution in [2.24, 2.45) is 0 Å². The highest BCUT2D eigenvalue weighted by molar-refractivity contribution is 7.13. The van der Waals surface area contributed by atoms with Gasteiger partial charge in [-0.2, -0.15) is 23.5 Å². The van der Waals surface area contributed by atoms with Crippen LogP contribution in [0.1, 0.15) is 39.4 Å². The molecule has 4 rings (SSSR count). The first-order valence-corrected chi connectivity index (χ1v) is 12.8. The number of carbonyl (C=O) groups is 1.